The van der Waals surface area contributed by atoms with Crippen molar-refractivity contribution < 1.29 is 9.90 Å². The molecule has 0 saturated carbocycles. The highest BCUT2D eigenvalue weighted by Crippen LogP contribution is 1.87. The molecule has 0 aliphatic carbocycles. The minimum absolute atomic E-state index is 0.0741. The van der Waals surface area contributed by atoms with Crippen LogP contribution in [0.5, 0.6) is 0 Å². The summed E-state index contributed by atoms with van der Waals surface area (Å²) in [6, 6.07) is 0. The molecule has 4 nitrogen and oxygen atoms in total. The van der Waals surface area contributed by atoms with E-state index in [2.05, 4.69) is 10.2 Å². The Morgan fingerprint density at radius 2 is 2.62 bits per heavy atom. The molecule has 1 heterocycles. The highest BCUT2D eigenvalue weighted by molar-refractivity contribution is 5.84. The summed E-state index contributed by atoms with van der Waals surface area (Å²) < 4.78 is 0. The Balaban J connectivity index is 2.93. The third-order valence-electron chi connectivity index (χ3n) is 0.734. The van der Waals surface area contributed by atoms with Crippen LogP contribution in [0.25, 0.3) is 0 Å². The quantitative estimate of drug-likeness (QED) is 0.493. The van der Waals surface area contributed by atoms with Gasteiger partial charge in [-0.3, -0.25) is 5.10 Å². The number of nitrogens with zero attached hydrogens (tertiary/aromatic N) is 1. The van der Waals surface area contributed by atoms with E-state index >= 15 is 0 Å². The first kappa shape index (κ1) is 4.83. The molecule has 42 valence electrons. The number of rotatable bonds is 1. The molecule has 8 heavy (non-hydrogen) atoms. The van der Waals surface area contributed by atoms with Gasteiger partial charge in [-0.05, 0) is 0 Å². The van der Waals surface area contributed by atoms with Gasteiger partial charge in [0.2, 0.25) is 0 Å². The SMILES string of the molecule is O=C([O-])c1cn[nH]c1. The van der Waals surface area contributed by atoms with Crippen molar-refractivity contribution in [2.45, 2.75) is 0 Å². The number of aromatic nitrogens is 2. The number of carboxylic acid groups (broad SMARTS) is 1. The van der Waals surface area contributed by atoms with Gasteiger partial charge in [0.15, 0.2) is 0 Å². The van der Waals surface area contributed by atoms with Crippen LogP contribution in [0.3, 0.4) is 0 Å². The van der Waals surface area contributed by atoms with Gasteiger partial charge < -0.3 is 9.90 Å². The topological polar surface area (TPSA) is 68.8 Å². The Kier molecular flexibility index (Phi) is 0.997. The third kappa shape index (κ3) is 0.676. The molecule has 1 N–H and O–H groups in total. The number of hydrogen-bond donors (Lipinski definition) is 1. The van der Waals surface area contributed by atoms with E-state index in [1.165, 1.54) is 12.4 Å². The normalized spacial score (nSPS) is 9.00. The molecule has 1 aromatic heterocycles. The van der Waals surface area contributed by atoms with Crippen LogP contribution >= 0.6 is 0 Å². The zero-order valence-electron chi connectivity index (χ0n) is 3.92. The average Bonchev–Trinajstić information content (AvgIpc) is 2.12. The minimum Gasteiger partial charge on any atom is -0.545 e. The molecule has 0 aromatic carbocycles. The molecular formula is C4H3N2O2-. The zero-order valence-corrected chi connectivity index (χ0v) is 3.92. The molecule has 1 aromatic rings. The lowest BCUT2D eigenvalue weighted by atomic mass is 10.4. The molecule has 0 spiro atoms. The van der Waals surface area contributed by atoms with Crippen molar-refractivity contribution in [3.63, 3.8) is 0 Å². The molecule has 1 rings (SSSR count). The van der Waals surface area contributed by atoms with Crippen LogP contribution in [0.15, 0.2) is 12.4 Å². The summed E-state index contributed by atoms with van der Waals surface area (Å²) in [6.45, 7) is 0. The fourth-order valence-electron chi connectivity index (χ4n) is 0.363. The van der Waals surface area contributed by atoms with Crippen LogP contribution in [-0.2, 0) is 0 Å². The Morgan fingerprint density at radius 3 is 2.88 bits per heavy atom. The molecule has 0 fully saturated rings. The predicted molar refractivity (Wildman–Crippen MR) is 22.9 cm³/mol. The number of aromatic carboxylic acids is 1. The van der Waals surface area contributed by atoms with Crippen molar-refractivity contribution in [3.05, 3.63) is 18.0 Å². The second kappa shape index (κ2) is 1.65. The van der Waals surface area contributed by atoms with Crippen molar-refractivity contribution in [1.29, 1.82) is 0 Å². The van der Waals surface area contributed by atoms with Crippen molar-refractivity contribution in [1.82, 2.24) is 10.2 Å². The Hall–Kier alpha value is -1.32. The number of carbonyl (C=O) groups is 1. The van der Waals surface area contributed by atoms with Gasteiger partial charge in [-0.1, -0.05) is 0 Å². The highest BCUT2D eigenvalue weighted by Gasteiger charge is 1.89. The second-order valence-electron chi connectivity index (χ2n) is 1.27. The molecule has 0 bridgehead atoms. The van der Waals surface area contributed by atoms with Crippen molar-refractivity contribution >= 4 is 5.97 Å². The van der Waals surface area contributed by atoms with Gasteiger partial charge in [0.1, 0.15) is 0 Å². The number of H-pyrrole nitrogens is 1. The lowest BCUT2D eigenvalue weighted by Gasteiger charge is -1.90. The van der Waals surface area contributed by atoms with E-state index in [0.29, 0.717) is 0 Å². The summed E-state index contributed by atoms with van der Waals surface area (Å²) in [5.41, 5.74) is 0.0741. The molecule has 0 saturated heterocycles. The largest absolute Gasteiger partial charge is 0.545 e. The molecule has 0 aliphatic rings. The van der Waals surface area contributed by atoms with Gasteiger partial charge in [-0.2, -0.15) is 5.10 Å². The Labute approximate surface area is 45.1 Å². The van der Waals surface area contributed by atoms with Crippen LogP contribution in [-0.4, -0.2) is 16.2 Å². The van der Waals surface area contributed by atoms with E-state index in [1.54, 1.807) is 0 Å². The number of aromatic amines is 1. The standard InChI is InChI=1S/C4H4N2O2/c7-4(8)3-1-5-6-2-3/h1-2H,(H,5,6)(H,7,8)/p-1. The van der Waals surface area contributed by atoms with Gasteiger partial charge in [0.05, 0.1) is 12.2 Å². The summed E-state index contributed by atoms with van der Waals surface area (Å²) in [7, 11) is 0. The maximum absolute atomic E-state index is 9.89. The monoisotopic (exact) mass is 111 g/mol. The second-order valence-corrected chi connectivity index (χ2v) is 1.27. The van der Waals surface area contributed by atoms with Gasteiger partial charge >= 0.3 is 0 Å². The van der Waals surface area contributed by atoms with Crippen molar-refractivity contribution in [2.24, 2.45) is 0 Å². The van der Waals surface area contributed by atoms with Crippen LogP contribution in [0.2, 0.25) is 0 Å². The van der Waals surface area contributed by atoms with E-state index in [-0.39, 0.29) is 5.56 Å². The molecule has 0 amide bonds. The van der Waals surface area contributed by atoms with E-state index in [0.717, 1.165) is 0 Å². The van der Waals surface area contributed by atoms with Crippen LogP contribution in [0, 0.1) is 0 Å². The fraction of sp³-hybridized carbons (Fsp3) is 0. The number of hydrogen-bond acceptors (Lipinski definition) is 3. The first-order chi connectivity index (χ1) is 3.80. The van der Waals surface area contributed by atoms with Gasteiger partial charge in [0, 0.05) is 11.8 Å². The molecule has 0 atom stereocenters. The highest BCUT2D eigenvalue weighted by atomic mass is 16.4. The van der Waals surface area contributed by atoms with E-state index in [1.807, 2.05) is 0 Å². The molecule has 4 heteroatoms. The molecular weight excluding hydrogens is 108 g/mol. The summed E-state index contributed by atoms with van der Waals surface area (Å²) in [4.78, 5) is 9.89. The molecule has 0 aliphatic heterocycles. The van der Waals surface area contributed by atoms with E-state index in [9.17, 15) is 9.90 Å². The van der Waals surface area contributed by atoms with Crippen molar-refractivity contribution in [3.8, 4) is 0 Å². The summed E-state index contributed by atoms with van der Waals surface area (Å²) in [5.74, 6) is -1.21. The number of carbonyl (C=O) groups excluding carboxylic acids is 1. The predicted octanol–water partition coefficient (Wildman–Crippen LogP) is -1.23. The Bertz CT molecular complexity index is 180. The first-order valence-electron chi connectivity index (χ1n) is 2.01. The average molecular weight is 111 g/mol. The number of carboxylic acids is 1. The van der Waals surface area contributed by atoms with E-state index in [4.69, 9.17) is 0 Å². The van der Waals surface area contributed by atoms with Crippen LogP contribution in [0.1, 0.15) is 10.4 Å². The maximum Gasteiger partial charge on any atom is 0.0746 e. The molecule has 0 radical (unpaired) electrons. The summed E-state index contributed by atoms with van der Waals surface area (Å²) >= 11 is 0. The van der Waals surface area contributed by atoms with E-state index < -0.39 is 5.97 Å². The first-order valence-corrected chi connectivity index (χ1v) is 2.01. The molecule has 0 unspecified atom stereocenters. The summed E-state index contributed by atoms with van der Waals surface area (Å²) in [6.07, 6.45) is 2.45. The lowest BCUT2D eigenvalue weighted by molar-refractivity contribution is -0.255. The lowest BCUT2D eigenvalue weighted by Crippen LogP contribution is -2.21. The third-order valence-corrected chi connectivity index (χ3v) is 0.734. The smallest absolute Gasteiger partial charge is 0.0746 e. The Morgan fingerprint density at radius 1 is 1.88 bits per heavy atom. The fourth-order valence-corrected chi connectivity index (χ4v) is 0.363. The van der Waals surface area contributed by atoms with Gasteiger partial charge in [-0.25, -0.2) is 0 Å². The van der Waals surface area contributed by atoms with Crippen molar-refractivity contribution in [2.75, 3.05) is 0 Å². The summed E-state index contributed by atoms with van der Waals surface area (Å²) in [5, 5.41) is 15.6. The van der Waals surface area contributed by atoms with Gasteiger partial charge in [0.25, 0.3) is 0 Å². The van der Waals surface area contributed by atoms with Crippen LogP contribution in [0.4, 0.5) is 0 Å². The zero-order chi connectivity index (χ0) is 5.98. The van der Waals surface area contributed by atoms with Gasteiger partial charge in [-0.15, -0.1) is 0 Å². The maximum atomic E-state index is 9.89. The minimum atomic E-state index is -1.21. The van der Waals surface area contributed by atoms with Crippen LogP contribution < -0.4 is 5.11 Å². The number of nitrogens with one attached hydrogen (secondary N) is 1.